The van der Waals surface area contributed by atoms with Crippen LogP contribution >= 0.6 is 0 Å². The van der Waals surface area contributed by atoms with Crippen molar-refractivity contribution in [3.05, 3.63) is 145 Å². The van der Waals surface area contributed by atoms with E-state index in [1.165, 1.54) is 33.2 Å². The van der Waals surface area contributed by atoms with Crippen molar-refractivity contribution in [2.75, 3.05) is 4.90 Å². The van der Waals surface area contributed by atoms with Crippen LogP contribution < -0.4 is 4.90 Å². The number of nitrogens with zero attached hydrogens (tertiary/aromatic N) is 4. The van der Waals surface area contributed by atoms with E-state index in [0.29, 0.717) is 0 Å². The quantitative estimate of drug-likeness (QED) is 0.230. The first kappa shape index (κ1) is 23.5. The highest BCUT2D eigenvalue weighted by Gasteiger charge is 2.38. The third kappa shape index (κ3) is 3.95. The number of fused-ring (bicyclic) bond motifs is 4. The summed E-state index contributed by atoms with van der Waals surface area (Å²) in [4.78, 5) is 17.1. The summed E-state index contributed by atoms with van der Waals surface area (Å²) >= 11 is 0. The molecule has 0 saturated heterocycles. The van der Waals surface area contributed by atoms with E-state index in [-0.39, 0.29) is 12.0 Å². The van der Waals surface area contributed by atoms with E-state index >= 15 is 0 Å². The smallest absolute Gasteiger partial charge is 0.134 e. The molecular formula is C37H26N4. The van der Waals surface area contributed by atoms with E-state index in [9.17, 15) is 0 Å². The number of para-hydroxylation sites is 1. The highest BCUT2D eigenvalue weighted by atomic mass is 15.2. The molecule has 4 heteroatoms. The number of hydrogen-bond acceptors (Lipinski definition) is 4. The van der Waals surface area contributed by atoms with Crippen LogP contribution in [-0.4, -0.2) is 22.2 Å². The molecule has 2 aliphatic heterocycles. The van der Waals surface area contributed by atoms with Gasteiger partial charge in [-0.2, -0.15) is 0 Å². The molecule has 0 aliphatic carbocycles. The molecule has 0 spiro atoms. The van der Waals surface area contributed by atoms with Gasteiger partial charge in [0.15, 0.2) is 0 Å². The van der Waals surface area contributed by atoms with Gasteiger partial charge in [0.25, 0.3) is 0 Å². The number of hydrogen-bond donors (Lipinski definition) is 0. The molecule has 2 aliphatic rings. The molecule has 4 heterocycles. The topological polar surface area (TPSA) is 41.4 Å². The molecule has 8 rings (SSSR count). The Morgan fingerprint density at radius 3 is 2.17 bits per heavy atom. The fourth-order valence-corrected chi connectivity index (χ4v) is 6.26. The van der Waals surface area contributed by atoms with Gasteiger partial charge in [0.1, 0.15) is 5.82 Å². The lowest BCUT2D eigenvalue weighted by atomic mass is 9.93. The number of aliphatic imine (C=N–C) groups is 1. The van der Waals surface area contributed by atoms with Crippen molar-refractivity contribution in [2.45, 2.75) is 12.0 Å². The van der Waals surface area contributed by atoms with Gasteiger partial charge in [-0.3, -0.25) is 4.99 Å². The van der Waals surface area contributed by atoms with Gasteiger partial charge >= 0.3 is 0 Å². The highest BCUT2D eigenvalue weighted by molar-refractivity contribution is 6.00. The van der Waals surface area contributed by atoms with E-state index in [0.717, 1.165) is 28.5 Å². The third-order valence-corrected chi connectivity index (χ3v) is 8.12. The van der Waals surface area contributed by atoms with Gasteiger partial charge in [0, 0.05) is 29.6 Å². The zero-order valence-corrected chi connectivity index (χ0v) is 22.3. The average molecular weight is 527 g/mol. The molecule has 0 fully saturated rings. The molecule has 2 atom stereocenters. The second-order valence-corrected chi connectivity index (χ2v) is 10.4. The van der Waals surface area contributed by atoms with Gasteiger partial charge in [-0.15, -0.1) is 0 Å². The van der Waals surface area contributed by atoms with Gasteiger partial charge < -0.3 is 4.90 Å². The molecule has 6 aromatic rings. The van der Waals surface area contributed by atoms with Crippen molar-refractivity contribution >= 4 is 28.5 Å². The highest BCUT2D eigenvalue weighted by Crippen LogP contribution is 2.46. The molecule has 0 bridgehead atoms. The number of aromatic nitrogens is 2. The van der Waals surface area contributed by atoms with Gasteiger partial charge in [-0.25, -0.2) is 9.97 Å². The van der Waals surface area contributed by atoms with E-state index in [2.05, 4.69) is 131 Å². The van der Waals surface area contributed by atoms with Gasteiger partial charge in [0.2, 0.25) is 0 Å². The van der Waals surface area contributed by atoms with Crippen LogP contribution in [0.1, 0.15) is 11.5 Å². The largest absolute Gasteiger partial charge is 0.317 e. The summed E-state index contributed by atoms with van der Waals surface area (Å²) < 4.78 is 0. The molecule has 194 valence electrons. The SMILES string of the molecule is C1=CC2c3ccccc3N(c3cccc(-c4cccc(-c5ccccc5-c5cccc6ccccc56)n4)n3)C2C=N1. The van der Waals surface area contributed by atoms with Crippen LogP contribution in [0.5, 0.6) is 0 Å². The average Bonchev–Trinajstić information content (AvgIpc) is 3.39. The predicted molar refractivity (Wildman–Crippen MR) is 169 cm³/mol. The second-order valence-electron chi connectivity index (χ2n) is 10.4. The summed E-state index contributed by atoms with van der Waals surface area (Å²) in [5.41, 5.74) is 8.57. The van der Waals surface area contributed by atoms with E-state index in [1.54, 1.807) is 0 Å². The van der Waals surface area contributed by atoms with Crippen LogP contribution in [0.2, 0.25) is 0 Å². The van der Waals surface area contributed by atoms with Crippen LogP contribution in [-0.2, 0) is 0 Å². The maximum atomic E-state index is 5.15. The maximum Gasteiger partial charge on any atom is 0.134 e. The Labute approximate surface area is 239 Å². The zero-order valence-electron chi connectivity index (χ0n) is 22.3. The predicted octanol–water partition coefficient (Wildman–Crippen LogP) is 8.83. The van der Waals surface area contributed by atoms with Gasteiger partial charge in [-0.1, -0.05) is 103 Å². The van der Waals surface area contributed by atoms with Crippen LogP contribution in [0.4, 0.5) is 11.5 Å². The Morgan fingerprint density at radius 2 is 1.22 bits per heavy atom. The Balaban J connectivity index is 1.21. The summed E-state index contributed by atoms with van der Waals surface area (Å²) in [5, 5.41) is 2.46. The summed E-state index contributed by atoms with van der Waals surface area (Å²) in [6.07, 6.45) is 6.12. The molecule has 0 N–H and O–H groups in total. The standard InChI is InChI=1S/C37H26N4/c1-2-12-26-25(10-1)11-7-16-27(26)28-13-3-4-14-29(28)32-17-8-18-33(39-32)34-19-9-21-37(40-34)41-35-20-6-5-15-30(35)31-22-23-38-24-36(31)41/h1-24,31,36H. The molecule has 2 unspecified atom stereocenters. The van der Waals surface area contributed by atoms with E-state index < -0.39 is 0 Å². The Morgan fingerprint density at radius 1 is 0.537 bits per heavy atom. The molecule has 0 radical (unpaired) electrons. The first-order valence-corrected chi connectivity index (χ1v) is 14.0. The third-order valence-electron chi connectivity index (χ3n) is 8.12. The number of anilines is 2. The molecule has 0 amide bonds. The molecule has 4 nitrogen and oxygen atoms in total. The fraction of sp³-hybridized carbons (Fsp3) is 0.0541. The van der Waals surface area contributed by atoms with Crippen LogP contribution in [0.25, 0.3) is 44.5 Å². The normalized spacial score (nSPS) is 17.0. The lowest BCUT2D eigenvalue weighted by molar-refractivity contribution is 0.780. The number of pyridine rings is 2. The van der Waals surface area contributed by atoms with Crippen molar-refractivity contribution in [3.8, 4) is 33.8 Å². The van der Waals surface area contributed by atoms with Crippen LogP contribution in [0.15, 0.2) is 145 Å². The number of rotatable bonds is 4. The summed E-state index contributed by atoms with van der Waals surface area (Å²) in [6, 6.07) is 44.6. The van der Waals surface area contributed by atoms with E-state index in [1.807, 2.05) is 24.5 Å². The molecular weight excluding hydrogens is 500 g/mol. The Hall–Kier alpha value is -5.35. The summed E-state index contributed by atoms with van der Waals surface area (Å²) in [7, 11) is 0. The molecule has 4 aromatic carbocycles. The van der Waals surface area contributed by atoms with Crippen molar-refractivity contribution in [1.29, 1.82) is 0 Å². The summed E-state index contributed by atoms with van der Waals surface area (Å²) in [6.45, 7) is 0. The number of benzene rings is 4. The zero-order chi connectivity index (χ0) is 27.2. The molecule has 41 heavy (non-hydrogen) atoms. The van der Waals surface area contributed by atoms with Crippen molar-refractivity contribution < 1.29 is 0 Å². The second kappa shape index (κ2) is 9.68. The van der Waals surface area contributed by atoms with Crippen molar-refractivity contribution in [3.63, 3.8) is 0 Å². The van der Waals surface area contributed by atoms with Gasteiger partial charge in [-0.05, 0) is 57.8 Å². The summed E-state index contributed by atoms with van der Waals surface area (Å²) in [5.74, 6) is 1.16. The molecule has 0 saturated carbocycles. The van der Waals surface area contributed by atoms with E-state index in [4.69, 9.17) is 9.97 Å². The van der Waals surface area contributed by atoms with Crippen LogP contribution in [0, 0.1) is 0 Å². The minimum atomic E-state index is 0.104. The first-order chi connectivity index (χ1) is 20.3. The van der Waals surface area contributed by atoms with Crippen molar-refractivity contribution in [1.82, 2.24) is 9.97 Å². The lowest BCUT2D eigenvalue weighted by Crippen LogP contribution is -2.32. The van der Waals surface area contributed by atoms with Crippen LogP contribution in [0.3, 0.4) is 0 Å². The fourth-order valence-electron chi connectivity index (χ4n) is 6.26. The Kier molecular flexibility index (Phi) is 5.56. The minimum absolute atomic E-state index is 0.104. The monoisotopic (exact) mass is 526 g/mol. The van der Waals surface area contributed by atoms with Crippen molar-refractivity contribution in [2.24, 2.45) is 4.99 Å². The first-order valence-electron chi connectivity index (χ1n) is 14.0. The minimum Gasteiger partial charge on any atom is -0.317 e. The molecule has 2 aromatic heterocycles. The Bertz CT molecular complexity index is 1980. The van der Waals surface area contributed by atoms with Gasteiger partial charge in [0.05, 0.1) is 23.1 Å². The lowest BCUT2D eigenvalue weighted by Gasteiger charge is -2.27. The maximum absolute atomic E-state index is 5.15.